The van der Waals surface area contributed by atoms with Gasteiger partial charge in [0.1, 0.15) is 29.0 Å². The highest BCUT2D eigenvalue weighted by Crippen LogP contribution is 2.52. The number of aromatic hydroxyl groups is 2. The molecule has 1 amide bonds. The molecule has 6 atom stereocenters. The third-order valence-electron chi connectivity index (χ3n) is 9.33. The zero-order valence-corrected chi connectivity index (χ0v) is 28.0. The number of carboxylic acids is 1. The van der Waals surface area contributed by atoms with Crippen molar-refractivity contribution in [3.8, 4) is 17.2 Å². The predicted octanol–water partition coefficient (Wildman–Crippen LogP) is 1.53. The van der Waals surface area contributed by atoms with Crippen LogP contribution < -0.4 is 10.1 Å². The Bertz CT molecular complexity index is 1880. The van der Waals surface area contributed by atoms with Gasteiger partial charge in [0, 0.05) is 48.8 Å². The van der Waals surface area contributed by atoms with E-state index < -0.39 is 137 Å². The van der Waals surface area contributed by atoms with Crippen LogP contribution in [0.2, 0.25) is 0 Å². The maximum Gasteiger partial charge on any atom is 0.471 e. The highest BCUT2D eigenvalue weighted by molar-refractivity contribution is 6.31. The lowest BCUT2D eigenvalue weighted by Crippen LogP contribution is -2.57. The topological polar surface area (TPSA) is 253 Å². The molecule has 2 aromatic rings. The molecule has 1 saturated heterocycles. The molecule has 2 aromatic carbocycles. The van der Waals surface area contributed by atoms with Gasteiger partial charge in [0.15, 0.2) is 18.7 Å². The number of aliphatic hydroxyl groups excluding tert-OH is 1. The highest BCUT2D eigenvalue weighted by atomic mass is 19.4. The first-order valence-corrected chi connectivity index (χ1v) is 16.2. The number of nitrogens with one attached hydrogen (secondary N) is 1. The molecule has 0 spiro atoms. The molecule has 1 fully saturated rings. The summed E-state index contributed by atoms with van der Waals surface area (Å²) in [7, 11) is 1.23. The number of esters is 1. The van der Waals surface area contributed by atoms with Crippen LogP contribution in [-0.2, 0) is 39.8 Å². The summed E-state index contributed by atoms with van der Waals surface area (Å²) in [6, 6.07) is 2.46. The monoisotopic (exact) mass is 753 g/mol. The van der Waals surface area contributed by atoms with E-state index >= 15 is 0 Å². The first-order chi connectivity index (χ1) is 24.8. The van der Waals surface area contributed by atoms with E-state index in [2.05, 4.69) is 0 Å². The number of Topliss-reactive ketones (excluding diaryl/α,β-unsaturated/α-hetero) is 1. The van der Waals surface area contributed by atoms with Gasteiger partial charge in [0.25, 0.3) is 0 Å². The van der Waals surface area contributed by atoms with Gasteiger partial charge in [-0.25, -0.2) is 0 Å². The standard InChI is InChI=1S/C34H34F3NO15/c1-13-27(43)16(38-32(48)34(35,36)37)9-22(52-13)53-18-11-33(49,19(39)12-51-21(42)8-4-7-20(40)41)10-15-24(18)31(47)26-25(29(15)45)28(44)14-5-3-6-17(50-2)23(14)30(26)46/h3,5-6,13,16,18,22,27,43,45,47,49H,4,7-12H2,1-2H3,(H,38,48)(H,40,41)/t13?,16?,18-,22?,27?,33-/m0/s1. The van der Waals surface area contributed by atoms with E-state index in [1.807, 2.05) is 0 Å². The molecule has 53 heavy (non-hydrogen) atoms. The molecule has 0 radical (unpaired) electrons. The van der Waals surface area contributed by atoms with Crippen molar-refractivity contribution >= 4 is 35.2 Å². The van der Waals surface area contributed by atoms with E-state index in [0.29, 0.717) is 0 Å². The van der Waals surface area contributed by atoms with Crippen LogP contribution in [0.4, 0.5) is 13.2 Å². The molecule has 0 saturated carbocycles. The van der Waals surface area contributed by atoms with Gasteiger partial charge >= 0.3 is 24.0 Å². The van der Waals surface area contributed by atoms with Crippen molar-refractivity contribution in [2.75, 3.05) is 13.7 Å². The smallest absolute Gasteiger partial charge is 0.471 e. The minimum atomic E-state index is -5.32. The lowest BCUT2D eigenvalue weighted by molar-refractivity contribution is -0.250. The second kappa shape index (κ2) is 14.7. The fraction of sp³-hybridized carbons (Fsp3) is 0.471. The van der Waals surface area contributed by atoms with Crippen LogP contribution in [0.5, 0.6) is 17.2 Å². The van der Waals surface area contributed by atoms with Crippen molar-refractivity contribution in [3.05, 3.63) is 51.6 Å². The molecule has 16 nitrogen and oxygen atoms in total. The Kier molecular flexibility index (Phi) is 10.9. The zero-order valence-electron chi connectivity index (χ0n) is 28.0. The number of rotatable bonds is 11. The Balaban J connectivity index is 1.55. The number of carbonyl (C=O) groups excluding carboxylic acids is 5. The molecule has 2 aliphatic carbocycles. The van der Waals surface area contributed by atoms with Crippen molar-refractivity contribution < 1.29 is 86.4 Å². The van der Waals surface area contributed by atoms with Gasteiger partial charge < -0.3 is 49.8 Å². The Labute approximate surface area is 297 Å². The molecular weight excluding hydrogens is 719 g/mol. The number of alkyl halides is 3. The van der Waals surface area contributed by atoms with Gasteiger partial charge in [0.05, 0.1) is 42.0 Å². The molecule has 0 aromatic heterocycles. The number of aliphatic hydroxyl groups is 2. The summed E-state index contributed by atoms with van der Waals surface area (Å²) in [6.45, 7) is 0.197. The molecule has 19 heteroatoms. The SMILES string of the molecule is COc1cccc2c1C(=O)c1c(O)c3c(c(O)c1C2=O)C[C@@](O)(C(=O)COC(=O)CCCC(=O)O)C[C@@H]3OC1CC(NC(=O)C(F)(F)F)C(O)C(C)O1. The lowest BCUT2D eigenvalue weighted by atomic mass is 9.72. The summed E-state index contributed by atoms with van der Waals surface area (Å²) in [5.74, 6) is -9.44. The Hall–Kier alpha value is -5.11. The van der Waals surface area contributed by atoms with Crippen LogP contribution >= 0.6 is 0 Å². The number of ketones is 3. The van der Waals surface area contributed by atoms with Crippen LogP contribution in [-0.4, -0.2) is 111 Å². The number of carbonyl (C=O) groups is 6. The Morgan fingerprint density at radius 3 is 2.36 bits per heavy atom. The number of aliphatic carboxylic acids is 1. The van der Waals surface area contributed by atoms with E-state index in [1.165, 1.54) is 32.2 Å². The minimum absolute atomic E-state index is 0.0384. The predicted molar refractivity (Wildman–Crippen MR) is 167 cm³/mol. The van der Waals surface area contributed by atoms with Crippen LogP contribution in [0.1, 0.15) is 88.1 Å². The normalized spacial score (nSPS) is 25.1. The average Bonchev–Trinajstić information content (AvgIpc) is 3.08. The van der Waals surface area contributed by atoms with E-state index in [-0.39, 0.29) is 36.1 Å². The van der Waals surface area contributed by atoms with E-state index in [9.17, 15) is 62.4 Å². The first kappa shape index (κ1) is 39.1. The summed E-state index contributed by atoms with van der Waals surface area (Å²) in [6.07, 6.45) is -14.8. The number of carboxylic acid groups (broad SMARTS) is 1. The molecule has 0 bridgehead atoms. The quantitative estimate of drug-likeness (QED) is 0.120. The summed E-state index contributed by atoms with van der Waals surface area (Å²) >= 11 is 0. The number of fused-ring (bicyclic) bond motifs is 3. The first-order valence-electron chi connectivity index (χ1n) is 16.2. The number of amides is 1. The third kappa shape index (κ3) is 7.55. The van der Waals surface area contributed by atoms with E-state index in [1.54, 1.807) is 5.32 Å². The van der Waals surface area contributed by atoms with Gasteiger partial charge in [-0.2, -0.15) is 13.2 Å². The minimum Gasteiger partial charge on any atom is -0.507 e. The molecule has 5 rings (SSSR count). The molecule has 6 N–H and O–H groups in total. The summed E-state index contributed by atoms with van der Waals surface area (Å²) in [5, 5.41) is 56.0. The molecule has 4 unspecified atom stereocenters. The number of methoxy groups -OCH3 is 1. The van der Waals surface area contributed by atoms with Gasteiger partial charge in [-0.3, -0.25) is 28.8 Å². The number of hydrogen-bond donors (Lipinski definition) is 6. The number of hydrogen-bond acceptors (Lipinski definition) is 14. The van der Waals surface area contributed by atoms with Crippen LogP contribution in [0.15, 0.2) is 18.2 Å². The zero-order chi connectivity index (χ0) is 39.2. The fourth-order valence-electron chi connectivity index (χ4n) is 6.70. The van der Waals surface area contributed by atoms with E-state index in [0.717, 1.165) is 0 Å². The van der Waals surface area contributed by atoms with Crippen molar-refractivity contribution in [1.82, 2.24) is 5.32 Å². The van der Waals surface area contributed by atoms with Crippen LogP contribution in [0, 0.1) is 0 Å². The van der Waals surface area contributed by atoms with Crippen LogP contribution in [0.3, 0.4) is 0 Å². The summed E-state index contributed by atoms with van der Waals surface area (Å²) in [4.78, 5) is 75.8. The number of ether oxygens (including phenoxy) is 4. The number of phenolic OH excluding ortho intramolecular Hbond substituents is 2. The Morgan fingerprint density at radius 2 is 1.72 bits per heavy atom. The average molecular weight is 754 g/mol. The molecule has 1 heterocycles. The maximum atomic E-state index is 13.9. The van der Waals surface area contributed by atoms with Crippen LogP contribution in [0.25, 0.3) is 0 Å². The van der Waals surface area contributed by atoms with Gasteiger partial charge in [-0.15, -0.1) is 0 Å². The van der Waals surface area contributed by atoms with Gasteiger partial charge in [-0.05, 0) is 19.4 Å². The van der Waals surface area contributed by atoms with E-state index in [4.69, 9.17) is 24.1 Å². The second-order valence-corrected chi connectivity index (χ2v) is 12.8. The highest BCUT2D eigenvalue weighted by Gasteiger charge is 2.51. The van der Waals surface area contributed by atoms with Crippen molar-refractivity contribution in [2.45, 2.75) is 87.9 Å². The van der Waals surface area contributed by atoms with Crippen molar-refractivity contribution in [2.24, 2.45) is 0 Å². The fourth-order valence-corrected chi connectivity index (χ4v) is 6.70. The van der Waals surface area contributed by atoms with Crippen molar-refractivity contribution in [1.29, 1.82) is 0 Å². The maximum absolute atomic E-state index is 13.9. The Morgan fingerprint density at radius 1 is 1.04 bits per heavy atom. The molecule has 1 aliphatic heterocycles. The number of phenols is 2. The summed E-state index contributed by atoms with van der Waals surface area (Å²) in [5.41, 5.74) is -5.23. The van der Waals surface area contributed by atoms with Crippen molar-refractivity contribution in [3.63, 3.8) is 0 Å². The van der Waals surface area contributed by atoms with Gasteiger partial charge in [-0.1, -0.05) is 12.1 Å². The number of halogens is 3. The molecule has 3 aliphatic rings. The lowest BCUT2D eigenvalue weighted by Gasteiger charge is -2.43. The largest absolute Gasteiger partial charge is 0.507 e. The summed E-state index contributed by atoms with van der Waals surface area (Å²) < 4.78 is 61.0. The second-order valence-electron chi connectivity index (χ2n) is 12.8. The molecule has 286 valence electrons. The molecular formula is C34H34F3NO15. The van der Waals surface area contributed by atoms with Gasteiger partial charge in [0.2, 0.25) is 11.6 Å². The third-order valence-corrected chi connectivity index (χ3v) is 9.33. The number of benzene rings is 2.